The molecule has 3 aromatic carbocycles. The predicted molar refractivity (Wildman–Crippen MR) is 121 cm³/mol. The van der Waals surface area contributed by atoms with Crippen molar-refractivity contribution in [3.05, 3.63) is 94.8 Å². The topological polar surface area (TPSA) is 37.5 Å². The number of anilines is 1. The third kappa shape index (κ3) is 4.36. The average molecular weight is 403 g/mol. The monoisotopic (exact) mass is 402 g/mol. The van der Waals surface area contributed by atoms with Crippen LogP contribution in [0.1, 0.15) is 26.3 Å². The van der Waals surface area contributed by atoms with E-state index < -0.39 is 0 Å². The standard InChI is InChI=1S/C25H23ClN2O/c1-25(2,3)18-11-9-17(10-12-18)24-16-22(28-27-20-7-5-4-6-8-20)21-15-19(26)13-14-23(21)29-24/h4-16,27H,1-3H3/b28-22+. The van der Waals surface area contributed by atoms with Gasteiger partial charge in [-0.25, -0.2) is 0 Å². The number of rotatable bonds is 3. The van der Waals surface area contributed by atoms with Crippen molar-refractivity contribution >= 4 is 28.3 Å². The summed E-state index contributed by atoms with van der Waals surface area (Å²) in [4.78, 5) is 0. The molecule has 0 spiro atoms. The summed E-state index contributed by atoms with van der Waals surface area (Å²) in [5.74, 6) is 0.758. The normalized spacial score (nSPS) is 12.3. The molecule has 3 nitrogen and oxygen atoms in total. The first-order valence-electron chi connectivity index (χ1n) is 9.59. The Labute approximate surface area is 175 Å². The SMILES string of the molecule is CC(C)(C)c1ccc(-c2c/c(=N\Nc3ccccc3)c3cc(Cl)ccc3o2)cc1. The fourth-order valence-corrected chi connectivity index (χ4v) is 3.32. The molecule has 0 radical (unpaired) electrons. The van der Waals surface area contributed by atoms with Gasteiger partial charge in [0, 0.05) is 22.0 Å². The molecule has 4 aromatic rings. The van der Waals surface area contributed by atoms with Gasteiger partial charge < -0.3 is 4.42 Å². The van der Waals surface area contributed by atoms with Crippen molar-refractivity contribution in [2.75, 3.05) is 5.43 Å². The molecule has 29 heavy (non-hydrogen) atoms. The van der Waals surface area contributed by atoms with Crippen molar-refractivity contribution < 1.29 is 4.42 Å². The highest BCUT2D eigenvalue weighted by Crippen LogP contribution is 2.27. The third-order valence-electron chi connectivity index (χ3n) is 4.82. The quantitative estimate of drug-likeness (QED) is 0.375. The Morgan fingerprint density at radius 1 is 0.862 bits per heavy atom. The summed E-state index contributed by atoms with van der Waals surface area (Å²) < 4.78 is 6.17. The van der Waals surface area contributed by atoms with Crippen molar-refractivity contribution in [2.45, 2.75) is 26.2 Å². The molecular formula is C25H23ClN2O. The molecule has 0 saturated heterocycles. The first-order valence-corrected chi connectivity index (χ1v) is 9.97. The molecule has 1 aromatic heterocycles. The fraction of sp³-hybridized carbons (Fsp3) is 0.160. The molecule has 4 heteroatoms. The molecule has 0 aliphatic rings. The number of benzene rings is 3. The lowest BCUT2D eigenvalue weighted by Gasteiger charge is -2.19. The second-order valence-corrected chi connectivity index (χ2v) is 8.49. The van der Waals surface area contributed by atoms with Crippen molar-refractivity contribution in [2.24, 2.45) is 5.10 Å². The van der Waals surface area contributed by atoms with Crippen LogP contribution in [0.15, 0.2) is 88.4 Å². The summed E-state index contributed by atoms with van der Waals surface area (Å²) in [7, 11) is 0. The van der Waals surface area contributed by atoms with E-state index in [-0.39, 0.29) is 5.41 Å². The number of para-hydroxylation sites is 1. The lowest BCUT2D eigenvalue weighted by atomic mass is 9.86. The van der Waals surface area contributed by atoms with E-state index in [1.165, 1.54) is 5.56 Å². The van der Waals surface area contributed by atoms with E-state index in [1.807, 2.05) is 54.6 Å². The van der Waals surface area contributed by atoms with Gasteiger partial charge in [-0.2, -0.15) is 5.10 Å². The Balaban J connectivity index is 1.83. The van der Waals surface area contributed by atoms with Gasteiger partial charge in [0.15, 0.2) is 0 Å². The molecule has 0 unspecified atom stereocenters. The molecule has 4 rings (SSSR count). The Kier molecular flexibility index (Phi) is 5.16. The number of hydrogen-bond acceptors (Lipinski definition) is 3. The summed E-state index contributed by atoms with van der Waals surface area (Å²) in [6, 6.07) is 25.9. The molecule has 0 amide bonds. The lowest BCUT2D eigenvalue weighted by Crippen LogP contribution is -2.10. The van der Waals surface area contributed by atoms with Crippen LogP contribution in [0.4, 0.5) is 5.69 Å². The zero-order valence-corrected chi connectivity index (χ0v) is 17.5. The van der Waals surface area contributed by atoms with E-state index in [9.17, 15) is 0 Å². The van der Waals surface area contributed by atoms with Crippen LogP contribution in [0, 0.1) is 0 Å². The Morgan fingerprint density at radius 2 is 1.59 bits per heavy atom. The van der Waals surface area contributed by atoms with Gasteiger partial charge in [0.1, 0.15) is 11.3 Å². The van der Waals surface area contributed by atoms with Crippen LogP contribution in [0.3, 0.4) is 0 Å². The van der Waals surface area contributed by atoms with Crippen LogP contribution in [0.25, 0.3) is 22.3 Å². The highest BCUT2D eigenvalue weighted by molar-refractivity contribution is 6.31. The van der Waals surface area contributed by atoms with Gasteiger partial charge in [-0.1, -0.05) is 74.8 Å². The van der Waals surface area contributed by atoms with Gasteiger partial charge >= 0.3 is 0 Å². The van der Waals surface area contributed by atoms with Crippen LogP contribution in [-0.4, -0.2) is 0 Å². The van der Waals surface area contributed by atoms with Gasteiger partial charge in [0.25, 0.3) is 0 Å². The molecule has 0 saturated carbocycles. The van der Waals surface area contributed by atoms with Crippen LogP contribution in [0.2, 0.25) is 5.02 Å². The molecule has 0 atom stereocenters. The highest BCUT2D eigenvalue weighted by atomic mass is 35.5. The number of fused-ring (bicyclic) bond motifs is 1. The fourth-order valence-electron chi connectivity index (χ4n) is 3.15. The van der Waals surface area contributed by atoms with E-state index in [1.54, 1.807) is 0 Å². The predicted octanol–water partition coefficient (Wildman–Crippen LogP) is 6.98. The van der Waals surface area contributed by atoms with Gasteiger partial charge in [-0.3, -0.25) is 5.43 Å². The van der Waals surface area contributed by atoms with E-state index in [0.29, 0.717) is 5.02 Å². The largest absolute Gasteiger partial charge is 0.456 e. The van der Waals surface area contributed by atoms with Gasteiger partial charge in [-0.05, 0) is 41.3 Å². The maximum Gasteiger partial charge on any atom is 0.137 e. The minimum Gasteiger partial charge on any atom is -0.456 e. The number of nitrogens with zero attached hydrogens (tertiary/aromatic N) is 1. The maximum absolute atomic E-state index is 6.22. The van der Waals surface area contributed by atoms with E-state index in [0.717, 1.165) is 33.3 Å². The van der Waals surface area contributed by atoms with Gasteiger partial charge in [-0.15, -0.1) is 0 Å². The summed E-state index contributed by atoms with van der Waals surface area (Å²) in [5, 5.41) is 6.89. The van der Waals surface area contributed by atoms with Crippen molar-refractivity contribution in [3.63, 3.8) is 0 Å². The Morgan fingerprint density at radius 3 is 2.28 bits per heavy atom. The van der Waals surface area contributed by atoms with Crippen LogP contribution in [-0.2, 0) is 5.41 Å². The first-order chi connectivity index (χ1) is 13.9. The Bertz CT molecular complexity index is 1200. The Hall–Kier alpha value is -3.04. The summed E-state index contributed by atoms with van der Waals surface area (Å²) in [5.41, 5.74) is 7.17. The van der Waals surface area contributed by atoms with Crippen molar-refractivity contribution in [1.29, 1.82) is 0 Å². The molecule has 0 bridgehead atoms. The summed E-state index contributed by atoms with van der Waals surface area (Å²) in [6.07, 6.45) is 0. The van der Waals surface area contributed by atoms with Crippen LogP contribution in [0.5, 0.6) is 0 Å². The molecule has 146 valence electrons. The average Bonchev–Trinajstić information content (AvgIpc) is 2.72. The van der Waals surface area contributed by atoms with E-state index in [4.69, 9.17) is 16.0 Å². The van der Waals surface area contributed by atoms with Gasteiger partial charge in [0.2, 0.25) is 0 Å². The highest BCUT2D eigenvalue weighted by Gasteiger charge is 2.14. The molecule has 0 aliphatic heterocycles. The van der Waals surface area contributed by atoms with Crippen molar-refractivity contribution in [3.8, 4) is 11.3 Å². The second kappa shape index (κ2) is 7.76. The summed E-state index contributed by atoms with van der Waals surface area (Å²) >= 11 is 6.22. The molecule has 1 heterocycles. The van der Waals surface area contributed by atoms with E-state index in [2.05, 4.69) is 55.6 Å². The number of nitrogens with one attached hydrogen (secondary N) is 1. The minimum absolute atomic E-state index is 0.107. The first kappa shape index (κ1) is 19.3. The molecule has 1 N–H and O–H groups in total. The number of halogens is 1. The van der Waals surface area contributed by atoms with Crippen LogP contribution < -0.4 is 10.8 Å². The second-order valence-electron chi connectivity index (χ2n) is 8.05. The van der Waals surface area contributed by atoms with Gasteiger partial charge in [0.05, 0.1) is 11.0 Å². The maximum atomic E-state index is 6.22. The minimum atomic E-state index is 0.107. The van der Waals surface area contributed by atoms with E-state index >= 15 is 0 Å². The lowest BCUT2D eigenvalue weighted by molar-refractivity contribution is 0.589. The van der Waals surface area contributed by atoms with Crippen molar-refractivity contribution in [1.82, 2.24) is 0 Å². The summed E-state index contributed by atoms with van der Waals surface area (Å²) in [6.45, 7) is 6.62. The molecule has 0 fully saturated rings. The van der Waals surface area contributed by atoms with Crippen LogP contribution >= 0.6 is 11.6 Å². The zero-order valence-electron chi connectivity index (χ0n) is 16.7. The number of hydrogen-bond donors (Lipinski definition) is 1. The smallest absolute Gasteiger partial charge is 0.137 e. The third-order valence-corrected chi connectivity index (χ3v) is 5.06. The molecule has 0 aliphatic carbocycles. The molecular weight excluding hydrogens is 380 g/mol. The zero-order chi connectivity index (χ0) is 20.4.